The lowest BCUT2D eigenvalue weighted by Crippen LogP contribution is -2.14. The number of hydrogen-bond acceptors (Lipinski definition) is 4. The molecule has 4 aromatic rings. The minimum absolute atomic E-state index is 0.0670. The normalized spacial score (nSPS) is 10.6. The van der Waals surface area contributed by atoms with Crippen molar-refractivity contribution in [3.8, 4) is 22.5 Å². The number of aromatic nitrogens is 2. The summed E-state index contributed by atoms with van der Waals surface area (Å²) in [6.45, 7) is 0. The fourth-order valence-corrected chi connectivity index (χ4v) is 3.36. The van der Waals surface area contributed by atoms with Crippen molar-refractivity contribution in [2.24, 2.45) is 0 Å². The Labute approximate surface area is 182 Å². The molecule has 0 radical (unpaired) electrons. The first-order valence-electron chi connectivity index (χ1n) is 10.3. The predicted molar refractivity (Wildman–Crippen MR) is 125 cm³/mol. The van der Waals surface area contributed by atoms with Gasteiger partial charge in [0.05, 0.1) is 11.9 Å². The Balaban J connectivity index is 1.53. The number of amides is 1. The van der Waals surface area contributed by atoms with Gasteiger partial charge in [-0.25, -0.2) is 9.97 Å². The molecule has 1 amide bonds. The van der Waals surface area contributed by atoms with Gasteiger partial charge in [-0.05, 0) is 30.5 Å². The van der Waals surface area contributed by atoms with Gasteiger partial charge in [0.25, 0.3) is 0 Å². The van der Waals surface area contributed by atoms with Crippen LogP contribution in [-0.2, 0) is 11.2 Å². The lowest BCUT2D eigenvalue weighted by molar-refractivity contribution is -0.116. The lowest BCUT2D eigenvalue weighted by Gasteiger charge is -2.12. The Kier molecular flexibility index (Phi) is 6.33. The molecule has 154 valence electrons. The number of carbonyl (C=O) groups excluding carboxylic acids is 1. The highest BCUT2D eigenvalue weighted by Gasteiger charge is 2.14. The predicted octanol–water partition coefficient (Wildman–Crippen LogP) is 5.35. The number of nitrogen functional groups attached to an aromatic ring is 1. The third kappa shape index (κ3) is 5.34. The monoisotopic (exact) mass is 408 g/mol. The number of nitrogens with zero attached hydrogens (tertiary/aromatic N) is 2. The second kappa shape index (κ2) is 9.67. The van der Waals surface area contributed by atoms with Crippen molar-refractivity contribution in [1.29, 1.82) is 0 Å². The molecule has 0 aliphatic heterocycles. The van der Waals surface area contributed by atoms with Gasteiger partial charge >= 0.3 is 0 Å². The van der Waals surface area contributed by atoms with E-state index < -0.39 is 0 Å². The maximum Gasteiger partial charge on any atom is 0.225 e. The van der Waals surface area contributed by atoms with Crippen LogP contribution >= 0.6 is 0 Å². The molecule has 0 saturated heterocycles. The van der Waals surface area contributed by atoms with E-state index in [-0.39, 0.29) is 5.91 Å². The molecule has 0 aliphatic carbocycles. The summed E-state index contributed by atoms with van der Waals surface area (Å²) in [7, 11) is 0. The zero-order chi connectivity index (χ0) is 21.5. The average molecular weight is 409 g/mol. The molecular formula is C26H24N4O. The molecule has 5 nitrogen and oxygen atoms in total. The van der Waals surface area contributed by atoms with Gasteiger partial charge in [-0.1, -0.05) is 72.8 Å². The fraction of sp³-hybridized carbons (Fsp3) is 0.115. The van der Waals surface area contributed by atoms with Crippen molar-refractivity contribution in [3.63, 3.8) is 0 Å². The molecule has 0 unspecified atom stereocenters. The second-order valence-electron chi connectivity index (χ2n) is 7.33. The van der Waals surface area contributed by atoms with Crippen LogP contribution in [0.2, 0.25) is 0 Å². The second-order valence-corrected chi connectivity index (χ2v) is 7.33. The van der Waals surface area contributed by atoms with Crippen LogP contribution in [0.5, 0.6) is 0 Å². The van der Waals surface area contributed by atoms with Crippen molar-refractivity contribution in [1.82, 2.24) is 9.97 Å². The molecule has 0 atom stereocenters. The number of aryl methyl sites for hydroxylation is 1. The Morgan fingerprint density at radius 3 is 2.23 bits per heavy atom. The lowest BCUT2D eigenvalue weighted by atomic mass is 10.1. The fourth-order valence-electron chi connectivity index (χ4n) is 3.36. The molecule has 1 aromatic heterocycles. The van der Waals surface area contributed by atoms with E-state index in [9.17, 15) is 4.79 Å². The third-order valence-electron chi connectivity index (χ3n) is 5.00. The molecule has 4 rings (SSSR count). The molecule has 5 heteroatoms. The van der Waals surface area contributed by atoms with Gasteiger partial charge in [0, 0.05) is 23.2 Å². The highest BCUT2D eigenvalue weighted by molar-refractivity contribution is 5.93. The highest BCUT2D eigenvalue weighted by atomic mass is 16.1. The summed E-state index contributed by atoms with van der Waals surface area (Å²) in [5.74, 6) is 0.401. The number of nitrogens with two attached hydrogens (primary N) is 1. The van der Waals surface area contributed by atoms with Crippen LogP contribution in [0.15, 0.2) is 91.1 Å². The average Bonchev–Trinajstić information content (AvgIpc) is 2.81. The summed E-state index contributed by atoms with van der Waals surface area (Å²) in [5.41, 5.74) is 10.9. The summed E-state index contributed by atoms with van der Waals surface area (Å²) >= 11 is 0. The number of hydrogen-bond donors (Lipinski definition) is 2. The van der Waals surface area contributed by atoms with E-state index in [0.29, 0.717) is 23.6 Å². The van der Waals surface area contributed by atoms with Gasteiger partial charge in [-0.15, -0.1) is 0 Å². The summed E-state index contributed by atoms with van der Waals surface area (Å²) < 4.78 is 0. The van der Waals surface area contributed by atoms with Crippen LogP contribution in [0.4, 0.5) is 11.5 Å². The molecule has 0 aliphatic rings. The highest BCUT2D eigenvalue weighted by Crippen LogP contribution is 2.28. The Hall–Kier alpha value is -3.99. The Bertz CT molecular complexity index is 1140. The Morgan fingerprint density at radius 1 is 0.839 bits per heavy atom. The first-order chi connectivity index (χ1) is 15.2. The van der Waals surface area contributed by atoms with Gasteiger partial charge in [0.2, 0.25) is 5.91 Å². The molecule has 0 spiro atoms. The minimum Gasteiger partial charge on any atom is -0.399 e. The zero-order valence-corrected chi connectivity index (χ0v) is 17.2. The van der Waals surface area contributed by atoms with E-state index >= 15 is 0 Å². The molecule has 31 heavy (non-hydrogen) atoms. The SMILES string of the molecule is Nc1ccc(-c2cnc(NC(=O)CCCc3ccccc3)c(-c3ccccc3)n2)cc1. The minimum atomic E-state index is -0.0670. The standard InChI is InChI=1S/C26H24N4O/c27-22-16-14-20(15-17-22)23-18-28-26(25(29-23)21-11-5-2-6-12-21)30-24(31)13-7-10-19-8-3-1-4-9-19/h1-6,8-9,11-12,14-18H,7,10,13,27H2,(H,28,30,31). The van der Waals surface area contributed by atoms with E-state index in [2.05, 4.69) is 22.4 Å². The summed E-state index contributed by atoms with van der Waals surface area (Å²) in [6.07, 6.45) is 3.73. The molecule has 3 aromatic carbocycles. The van der Waals surface area contributed by atoms with Crippen LogP contribution in [0.1, 0.15) is 18.4 Å². The van der Waals surface area contributed by atoms with Crippen LogP contribution in [0, 0.1) is 0 Å². The Morgan fingerprint density at radius 2 is 1.52 bits per heavy atom. The van der Waals surface area contributed by atoms with Gasteiger partial charge in [0.15, 0.2) is 5.82 Å². The van der Waals surface area contributed by atoms with Crippen LogP contribution in [0.25, 0.3) is 22.5 Å². The molecule has 0 saturated carbocycles. The number of carbonyl (C=O) groups is 1. The summed E-state index contributed by atoms with van der Waals surface area (Å²) in [6, 6.07) is 27.4. The van der Waals surface area contributed by atoms with Crippen molar-refractivity contribution in [2.75, 3.05) is 11.1 Å². The van der Waals surface area contributed by atoms with Crippen molar-refractivity contribution < 1.29 is 4.79 Å². The van der Waals surface area contributed by atoms with E-state index in [1.165, 1.54) is 5.56 Å². The third-order valence-corrected chi connectivity index (χ3v) is 5.00. The summed E-state index contributed by atoms with van der Waals surface area (Å²) in [4.78, 5) is 21.9. The molecular weight excluding hydrogens is 384 g/mol. The van der Waals surface area contributed by atoms with Gasteiger partial charge < -0.3 is 11.1 Å². The number of rotatable bonds is 7. The topological polar surface area (TPSA) is 80.9 Å². The zero-order valence-electron chi connectivity index (χ0n) is 17.2. The molecule has 1 heterocycles. The van der Waals surface area contributed by atoms with Crippen molar-refractivity contribution >= 4 is 17.4 Å². The molecule has 3 N–H and O–H groups in total. The maximum atomic E-state index is 12.6. The smallest absolute Gasteiger partial charge is 0.225 e. The maximum absolute atomic E-state index is 12.6. The van der Waals surface area contributed by atoms with Crippen LogP contribution in [0.3, 0.4) is 0 Å². The number of nitrogens with one attached hydrogen (secondary N) is 1. The molecule has 0 bridgehead atoms. The van der Waals surface area contributed by atoms with E-state index in [1.807, 2.05) is 72.8 Å². The quantitative estimate of drug-likeness (QED) is 0.404. The largest absolute Gasteiger partial charge is 0.399 e. The van der Waals surface area contributed by atoms with E-state index in [1.54, 1.807) is 6.20 Å². The van der Waals surface area contributed by atoms with Crippen molar-refractivity contribution in [2.45, 2.75) is 19.3 Å². The number of benzene rings is 3. The van der Waals surface area contributed by atoms with Gasteiger partial charge in [0.1, 0.15) is 5.69 Å². The van der Waals surface area contributed by atoms with E-state index in [4.69, 9.17) is 10.7 Å². The number of anilines is 2. The van der Waals surface area contributed by atoms with Gasteiger partial charge in [-0.2, -0.15) is 0 Å². The van der Waals surface area contributed by atoms with Crippen LogP contribution in [-0.4, -0.2) is 15.9 Å². The van der Waals surface area contributed by atoms with Crippen molar-refractivity contribution in [3.05, 3.63) is 96.7 Å². The van der Waals surface area contributed by atoms with Gasteiger partial charge in [-0.3, -0.25) is 4.79 Å². The first kappa shape index (κ1) is 20.3. The van der Waals surface area contributed by atoms with E-state index in [0.717, 1.165) is 29.7 Å². The molecule has 0 fully saturated rings. The summed E-state index contributed by atoms with van der Waals surface area (Å²) in [5, 5.41) is 2.95. The first-order valence-corrected chi connectivity index (χ1v) is 10.3. The van der Waals surface area contributed by atoms with Crippen LogP contribution < -0.4 is 11.1 Å².